The number of pyridine rings is 1. The maximum absolute atomic E-state index is 13.2. The van der Waals surface area contributed by atoms with Gasteiger partial charge in [-0.15, -0.1) is 0 Å². The Morgan fingerprint density at radius 3 is 2.51 bits per heavy atom. The minimum Gasteiger partial charge on any atom is -0.462 e. The Bertz CT molecular complexity index is 1130. The van der Waals surface area contributed by atoms with Crippen molar-refractivity contribution in [3.05, 3.63) is 70.1 Å². The Morgan fingerprint density at radius 1 is 1.09 bits per heavy atom. The molecular formula is C26H28ClN3O5. The third-order valence-electron chi connectivity index (χ3n) is 6.31. The third-order valence-corrected chi connectivity index (χ3v) is 6.61. The zero-order valence-corrected chi connectivity index (χ0v) is 20.3. The van der Waals surface area contributed by atoms with Crippen molar-refractivity contribution in [3.8, 4) is 5.75 Å². The predicted molar refractivity (Wildman–Crippen MR) is 130 cm³/mol. The lowest BCUT2D eigenvalue weighted by molar-refractivity contribution is -0.141. The molecule has 0 spiro atoms. The number of carbonyl (C=O) groups excluding carboxylic acids is 3. The van der Waals surface area contributed by atoms with Crippen LogP contribution in [0.2, 0.25) is 5.02 Å². The van der Waals surface area contributed by atoms with Crippen LogP contribution in [0, 0.1) is 5.92 Å². The summed E-state index contributed by atoms with van der Waals surface area (Å²) in [4.78, 5) is 41.8. The van der Waals surface area contributed by atoms with E-state index in [1.54, 1.807) is 18.2 Å². The Hall–Kier alpha value is -3.39. The van der Waals surface area contributed by atoms with Crippen molar-refractivity contribution in [2.75, 3.05) is 6.61 Å². The van der Waals surface area contributed by atoms with Gasteiger partial charge in [0.1, 0.15) is 5.75 Å². The lowest BCUT2D eigenvalue weighted by atomic mass is 9.90. The molecule has 35 heavy (non-hydrogen) atoms. The number of hydrogen-bond acceptors (Lipinski definition) is 6. The van der Waals surface area contributed by atoms with Crippen LogP contribution in [-0.2, 0) is 9.53 Å². The van der Waals surface area contributed by atoms with E-state index in [4.69, 9.17) is 21.1 Å². The number of carbonyl (C=O) groups is 3. The SMILES string of the molecule is CCC1=C(C(=O)OCC2CCCCC2)C(c2ccc(OC(=O)c3ccncc3)c(Cl)c2)NC(=O)N1. The molecule has 184 valence electrons. The van der Waals surface area contributed by atoms with E-state index in [2.05, 4.69) is 15.6 Å². The van der Waals surface area contributed by atoms with E-state index >= 15 is 0 Å². The molecule has 0 bridgehead atoms. The Kier molecular flexibility index (Phi) is 8.02. The van der Waals surface area contributed by atoms with Crippen molar-refractivity contribution in [1.82, 2.24) is 15.6 Å². The highest BCUT2D eigenvalue weighted by Gasteiger charge is 2.34. The van der Waals surface area contributed by atoms with Crippen molar-refractivity contribution in [2.24, 2.45) is 5.92 Å². The fourth-order valence-electron chi connectivity index (χ4n) is 4.44. The lowest BCUT2D eigenvalue weighted by Crippen LogP contribution is -2.46. The van der Waals surface area contributed by atoms with Gasteiger partial charge in [0, 0.05) is 18.1 Å². The molecule has 8 nitrogen and oxygen atoms in total. The number of rotatable bonds is 7. The zero-order valence-electron chi connectivity index (χ0n) is 19.5. The van der Waals surface area contributed by atoms with Crippen LogP contribution < -0.4 is 15.4 Å². The molecule has 2 aromatic rings. The first kappa shape index (κ1) is 24.7. The number of urea groups is 1. The number of hydrogen-bond donors (Lipinski definition) is 2. The predicted octanol–water partition coefficient (Wildman–Crippen LogP) is 5.10. The van der Waals surface area contributed by atoms with Gasteiger partial charge in [0.05, 0.1) is 28.8 Å². The molecular weight excluding hydrogens is 470 g/mol. The van der Waals surface area contributed by atoms with Gasteiger partial charge in [0.25, 0.3) is 0 Å². The maximum atomic E-state index is 13.2. The molecule has 1 atom stereocenters. The van der Waals surface area contributed by atoms with Crippen molar-refractivity contribution in [2.45, 2.75) is 51.5 Å². The molecule has 1 unspecified atom stereocenters. The molecule has 0 saturated heterocycles. The van der Waals surface area contributed by atoms with Gasteiger partial charge < -0.3 is 20.1 Å². The summed E-state index contributed by atoms with van der Waals surface area (Å²) in [5.41, 5.74) is 1.77. The van der Waals surface area contributed by atoms with E-state index in [1.165, 1.54) is 30.9 Å². The molecule has 4 rings (SSSR count). The van der Waals surface area contributed by atoms with Crippen LogP contribution in [0.3, 0.4) is 0 Å². The van der Waals surface area contributed by atoms with Crippen molar-refractivity contribution < 1.29 is 23.9 Å². The summed E-state index contributed by atoms with van der Waals surface area (Å²) < 4.78 is 11.1. The number of amides is 2. The number of ether oxygens (including phenoxy) is 2. The minimum absolute atomic E-state index is 0.165. The Labute approximate surface area is 209 Å². The van der Waals surface area contributed by atoms with E-state index in [0.717, 1.165) is 25.7 Å². The van der Waals surface area contributed by atoms with Crippen molar-refractivity contribution in [1.29, 1.82) is 0 Å². The number of esters is 2. The van der Waals surface area contributed by atoms with E-state index < -0.39 is 24.0 Å². The average Bonchev–Trinajstić information content (AvgIpc) is 2.89. The number of nitrogens with zero attached hydrogens (tertiary/aromatic N) is 1. The molecule has 2 amide bonds. The zero-order chi connectivity index (χ0) is 24.8. The van der Waals surface area contributed by atoms with Gasteiger partial charge in [-0.05, 0) is 55.0 Å². The molecule has 2 heterocycles. The normalized spacial score (nSPS) is 18.5. The topological polar surface area (TPSA) is 107 Å². The smallest absolute Gasteiger partial charge is 0.343 e. The van der Waals surface area contributed by atoms with E-state index in [0.29, 0.717) is 41.3 Å². The molecule has 2 N–H and O–H groups in total. The second-order valence-electron chi connectivity index (χ2n) is 8.70. The van der Waals surface area contributed by atoms with E-state index in [-0.39, 0.29) is 10.8 Å². The van der Waals surface area contributed by atoms with Gasteiger partial charge in [-0.1, -0.05) is 43.9 Å². The van der Waals surface area contributed by atoms with Gasteiger partial charge in [-0.2, -0.15) is 0 Å². The number of aromatic nitrogens is 1. The molecule has 1 aromatic heterocycles. The Morgan fingerprint density at radius 2 is 1.83 bits per heavy atom. The summed E-state index contributed by atoms with van der Waals surface area (Å²) in [6, 6.07) is 6.70. The van der Waals surface area contributed by atoms with Crippen LogP contribution in [0.4, 0.5) is 4.79 Å². The molecule has 1 fully saturated rings. The van der Waals surface area contributed by atoms with Crippen LogP contribution in [-0.4, -0.2) is 29.6 Å². The van der Waals surface area contributed by atoms with Gasteiger partial charge >= 0.3 is 18.0 Å². The molecule has 9 heteroatoms. The number of allylic oxidation sites excluding steroid dienone is 1. The molecule has 1 aromatic carbocycles. The van der Waals surface area contributed by atoms with Crippen LogP contribution in [0.1, 0.15) is 67.4 Å². The Balaban J connectivity index is 1.54. The summed E-state index contributed by atoms with van der Waals surface area (Å²) in [6.45, 7) is 2.23. The number of halogens is 1. The first-order valence-electron chi connectivity index (χ1n) is 11.9. The number of benzene rings is 1. The fourth-order valence-corrected chi connectivity index (χ4v) is 4.67. The van der Waals surface area contributed by atoms with Crippen LogP contribution in [0.25, 0.3) is 0 Å². The van der Waals surface area contributed by atoms with Crippen molar-refractivity contribution in [3.63, 3.8) is 0 Å². The van der Waals surface area contributed by atoms with E-state index in [9.17, 15) is 14.4 Å². The second-order valence-corrected chi connectivity index (χ2v) is 9.10. The van der Waals surface area contributed by atoms with Crippen molar-refractivity contribution >= 4 is 29.6 Å². The standard InChI is InChI=1S/C26H28ClN3O5/c1-2-20-22(25(32)34-15-16-6-4-3-5-7-16)23(30-26(33)29-20)18-8-9-21(19(27)14-18)35-24(31)17-10-12-28-13-11-17/h8-14,16,23H,2-7,15H2,1H3,(H2,29,30,33). The molecule has 1 aliphatic heterocycles. The highest BCUT2D eigenvalue weighted by molar-refractivity contribution is 6.32. The van der Waals surface area contributed by atoms with Gasteiger partial charge in [-0.3, -0.25) is 4.98 Å². The molecule has 1 aliphatic carbocycles. The van der Waals surface area contributed by atoms with Crippen LogP contribution in [0.5, 0.6) is 5.75 Å². The number of nitrogens with one attached hydrogen (secondary N) is 2. The first-order chi connectivity index (χ1) is 17.0. The van der Waals surface area contributed by atoms with Gasteiger partial charge in [-0.25, -0.2) is 14.4 Å². The summed E-state index contributed by atoms with van der Waals surface area (Å²) in [5.74, 6) is -0.503. The summed E-state index contributed by atoms with van der Waals surface area (Å²) >= 11 is 6.43. The monoisotopic (exact) mass is 497 g/mol. The fraction of sp³-hybridized carbons (Fsp3) is 0.385. The van der Waals surface area contributed by atoms with Crippen LogP contribution >= 0.6 is 11.6 Å². The molecule has 1 saturated carbocycles. The van der Waals surface area contributed by atoms with Gasteiger partial charge in [0.15, 0.2) is 0 Å². The molecule has 0 radical (unpaired) electrons. The quantitative estimate of drug-likeness (QED) is 0.407. The molecule has 2 aliphatic rings. The summed E-state index contributed by atoms with van der Waals surface area (Å²) in [7, 11) is 0. The van der Waals surface area contributed by atoms with Gasteiger partial charge in [0.2, 0.25) is 0 Å². The summed E-state index contributed by atoms with van der Waals surface area (Å²) in [5, 5.41) is 5.70. The third kappa shape index (κ3) is 6.00. The summed E-state index contributed by atoms with van der Waals surface area (Å²) in [6.07, 6.45) is 9.09. The van der Waals surface area contributed by atoms with Crippen LogP contribution in [0.15, 0.2) is 54.0 Å². The highest BCUT2D eigenvalue weighted by Crippen LogP contribution is 2.34. The largest absolute Gasteiger partial charge is 0.462 e. The maximum Gasteiger partial charge on any atom is 0.343 e. The first-order valence-corrected chi connectivity index (χ1v) is 12.2. The second kappa shape index (κ2) is 11.4. The highest BCUT2D eigenvalue weighted by atomic mass is 35.5. The van der Waals surface area contributed by atoms with E-state index in [1.807, 2.05) is 6.92 Å². The minimum atomic E-state index is -0.750. The lowest BCUT2D eigenvalue weighted by Gasteiger charge is -2.30. The average molecular weight is 498 g/mol.